The van der Waals surface area contributed by atoms with E-state index in [1.165, 1.54) is 13.8 Å². The molecule has 9 heteroatoms. The molecule has 0 aromatic carbocycles. The Morgan fingerprint density at radius 3 is 2.65 bits per heavy atom. The molecule has 2 heterocycles. The maximum absolute atomic E-state index is 12.4. The Bertz CT molecular complexity index is 831. The highest BCUT2D eigenvalue weighted by atomic mass is 32.2. The second-order valence-electron chi connectivity index (χ2n) is 5.68. The van der Waals surface area contributed by atoms with Crippen molar-refractivity contribution < 1.29 is 17.7 Å². The van der Waals surface area contributed by atoms with E-state index in [0.717, 1.165) is 43.4 Å². The first kappa shape index (κ1) is 15.7. The predicted molar refractivity (Wildman–Crippen MR) is 80.5 cm³/mol. The van der Waals surface area contributed by atoms with Crippen molar-refractivity contribution in [2.75, 3.05) is 0 Å². The molecule has 0 atom stereocenters. The number of aromatic amines is 1. The van der Waals surface area contributed by atoms with E-state index in [0.29, 0.717) is 0 Å². The molecule has 1 amide bonds. The van der Waals surface area contributed by atoms with Gasteiger partial charge in [-0.15, -0.1) is 0 Å². The van der Waals surface area contributed by atoms with Crippen LogP contribution in [-0.2, 0) is 22.9 Å². The van der Waals surface area contributed by atoms with Crippen LogP contribution < -0.4 is 4.72 Å². The molecule has 124 valence electrons. The molecule has 2 N–H and O–H groups in total. The zero-order valence-electron chi connectivity index (χ0n) is 13.0. The smallest absolute Gasteiger partial charge is 0.285 e. The number of fused-ring (bicyclic) bond motifs is 1. The van der Waals surface area contributed by atoms with Gasteiger partial charge in [0, 0.05) is 11.3 Å². The lowest BCUT2D eigenvalue weighted by molar-refractivity contribution is 0.0975. The highest BCUT2D eigenvalue weighted by Crippen LogP contribution is 2.23. The molecule has 2 aromatic heterocycles. The highest BCUT2D eigenvalue weighted by molar-refractivity contribution is 7.90. The minimum absolute atomic E-state index is 0.104. The number of aryl methyl sites for hydroxylation is 3. The number of carbonyl (C=O) groups excluding carboxylic acids is 1. The van der Waals surface area contributed by atoms with Crippen LogP contribution in [0.1, 0.15) is 52.5 Å². The molecule has 3 rings (SSSR count). The molecular weight excluding hydrogens is 320 g/mol. The van der Waals surface area contributed by atoms with Gasteiger partial charge in [0.05, 0.1) is 0 Å². The molecule has 0 aliphatic heterocycles. The van der Waals surface area contributed by atoms with Gasteiger partial charge in [0.15, 0.2) is 16.3 Å². The number of hydrogen-bond donors (Lipinski definition) is 2. The van der Waals surface area contributed by atoms with Gasteiger partial charge in [-0.2, -0.15) is 5.10 Å². The number of hydrogen-bond acceptors (Lipinski definition) is 6. The maximum atomic E-state index is 12.4. The third-order valence-electron chi connectivity index (χ3n) is 3.99. The molecule has 2 aromatic rings. The third kappa shape index (κ3) is 2.88. The van der Waals surface area contributed by atoms with Gasteiger partial charge >= 0.3 is 0 Å². The molecule has 23 heavy (non-hydrogen) atoms. The molecule has 0 unspecified atom stereocenters. The summed E-state index contributed by atoms with van der Waals surface area (Å²) in [5, 5.41) is 10.5. The number of amides is 1. The lowest BCUT2D eigenvalue weighted by atomic mass is 10.1. The van der Waals surface area contributed by atoms with Crippen molar-refractivity contribution in [3.63, 3.8) is 0 Å². The average Bonchev–Trinajstić information content (AvgIpc) is 2.94. The number of nitrogens with one attached hydrogen (secondary N) is 2. The standard InChI is InChI=1S/C14H18N4O4S/c1-8-13(9(2)22-17-8)23(20,21)18-14(19)12-10-6-4-3-5-7-11(10)15-16-12/h3-7H2,1-2H3,(H,15,16)(H,18,19). The fraction of sp³-hybridized carbons (Fsp3) is 0.500. The number of nitrogens with zero attached hydrogens (tertiary/aromatic N) is 2. The Kier molecular flexibility index (Phi) is 3.97. The molecule has 1 aliphatic carbocycles. The topological polar surface area (TPSA) is 118 Å². The maximum Gasteiger partial charge on any atom is 0.285 e. The van der Waals surface area contributed by atoms with E-state index >= 15 is 0 Å². The van der Waals surface area contributed by atoms with Crippen LogP contribution in [-0.4, -0.2) is 29.7 Å². The summed E-state index contributed by atoms with van der Waals surface area (Å²) in [6.07, 6.45) is 4.63. The summed E-state index contributed by atoms with van der Waals surface area (Å²) in [7, 11) is -4.05. The normalized spacial score (nSPS) is 15.0. The van der Waals surface area contributed by atoms with Gasteiger partial charge in [0.25, 0.3) is 15.9 Å². The summed E-state index contributed by atoms with van der Waals surface area (Å²) in [6, 6.07) is 0. The zero-order valence-corrected chi connectivity index (χ0v) is 13.8. The van der Waals surface area contributed by atoms with Crippen molar-refractivity contribution in [1.29, 1.82) is 0 Å². The molecule has 0 saturated heterocycles. The molecule has 0 spiro atoms. The van der Waals surface area contributed by atoms with Crippen LogP contribution in [0.3, 0.4) is 0 Å². The Labute approximate surface area is 133 Å². The molecule has 0 bridgehead atoms. The SMILES string of the molecule is Cc1noc(C)c1S(=O)(=O)NC(=O)c1n[nH]c2c1CCCCC2. The minimum Gasteiger partial charge on any atom is -0.360 e. The van der Waals surface area contributed by atoms with Crippen LogP contribution >= 0.6 is 0 Å². The Morgan fingerprint density at radius 2 is 1.96 bits per heavy atom. The highest BCUT2D eigenvalue weighted by Gasteiger charge is 2.29. The van der Waals surface area contributed by atoms with Crippen molar-refractivity contribution >= 4 is 15.9 Å². The molecule has 8 nitrogen and oxygen atoms in total. The second kappa shape index (κ2) is 5.80. The summed E-state index contributed by atoms with van der Waals surface area (Å²) >= 11 is 0. The van der Waals surface area contributed by atoms with Crippen LogP contribution in [0.25, 0.3) is 0 Å². The zero-order chi connectivity index (χ0) is 16.6. The first-order valence-corrected chi connectivity index (χ1v) is 8.94. The molecule has 0 radical (unpaired) electrons. The first-order chi connectivity index (χ1) is 10.9. The molecule has 0 saturated carbocycles. The van der Waals surface area contributed by atoms with Gasteiger partial charge < -0.3 is 4.52 Å². The Morgan fingerprint density at radius 1 is 1.22 bits per heavy atom. The number of rotatable bonds is 3. The van der Waals surface area contributed by atoms with Crippen molar-refractivity contribution in [2.24, 2.45) is 0 Å². The van der Waals surface area contributed by atoms with E-state index in [1.807, 2.05) is 0 Å². The van der Waals surface area contributed by atoms with Gasteiger partial charge in [-0.1, -0.05) is 11.6 Å². The third-order valence-corrected chi connectivity index (χ3v) is 5.56. The van der Waals surface area contributed by atoms with E-state index in [4.69, 9.17) is 4.52 Å². The quantitative estimate of drug-likeness (QED) is 0.817. The largest absolute Gasteiger partial charge is 0.360 e. The first-order valence-electron chi connectivity index (χ1n) is 7.46. The van der Waals surface area contributed by atoms with E-state index in [-0.39, 0.29) is 22.0 Å². The molecular formula is C14H18N4O4S. The monoisotopic (exact) mass is 338 g/mol. The fourth-order valence-corrected chi connectivity index (χ4v) is 4.21. The van der Waals surface area contributed by atoms with Gasteiger partial charge in [-0.3, -0.25) is 9.89 Å². The summed E-state index contributed by atoms with van der Waals surface area (Å²) < 4.78 is 31.7. The van der Waals surface area contributed by atoms with Crippen LogP contribution in [0.4, 0.5) is 0 Å². The number of sulfonamides is 1. The summed E-state index contributed by atoms with van der Waals surface area (Å²) in [5.74, 6) is -0.590. The van der Waals surface area contributed by atoms with Gasteiger partial charge in [0.2, 0.25) is 0 Å². The van der Waals surface area contributed by atoms with E-state index in [1.54, 1.807) is 0 Å². The van der Waals surface area contributed by atoms with Crippen LogP contribution in [0, 0.1) is 13.8 Å². The predicted octanol–water partition coefficient (Wildman–Crippen LogP) is 1.40. The van der Waals surface area contributed by atoms with Crippen molar-refractivity contribution in [1.82, 2.24) is 20.1 Å². The average molecular weight is 338 g/mol. The fourth-order valence-electron chi connectivity index (χ4n) is 2.93. The van der Waals surface area contributed by atoms with E-state index in [9.17, 15) is 13.2 Å². The number of H-pyrrole nitrogens is 1. The number of aromatic nitrogens is 3. The Balaban J connectivity index is 1.89. The summed E-state index contributed by atoms with van der Waals surface area (Å²) in [6.45, 7) is 3.00. The van der Waals surface area contributed by atoms with Crippen molar-refractivity contribution in [3.8, 4) is 0 Å². The van der Waals surface area contributed by atoms with Gasteiger partial charge in [-0.25, -0.2) is 13.1 Å². The summed E-state index contributed by atoms with van der Waals surface area (Å²) in [4.78, 5) is 12.3. The van der Waals surface area contributed by atoms with Crippen LogP contribution in [0.15, 0.2) is 9.42 Å². The van der Waals surface area contributed by atoms with E-state index in [2.05, 4.69) is 20.1 Å². The van der Waals surface area contributed by atoms with Crippen LogP contribution in [0.5, 0.6) is 0 Å². The van der Waals surface area contributed by atoms with Gasteiger partial charge in [-0.05, 0) is 39.5 Å². The molecule has 1 aliphatic rings. The van der Waals surface area contributed by atoms with Crippen LogP contribution in [0.2, 0.25) is 0 Å². The molecule has 0 fully saturated rings. The number of carbonyl (C=O) groups is 1. The van der Waals surface area contributed by atoms with Crippen molar-refractivity contribution in [3.05, 3.63) is 28.4 Å². The lowest BCUT2D eigenvalue weighted by Gasteiger charge is -2.06. The lowest BCUT2D eigenvalue weighted by Crippen LogP contribution is -2.32. The summed E-state index contributed by atoms with van der Waals surface area (Å²) in [5.41, 5.74) is 2.09. The van der Waals surface area contributed by atoms with E-state index < -0.39 is 15.9 Å². The van der Waals surface area contributed by atoms with Crippen molar-refractivity contribution in [2.45, 2.75) is 50.8 Å². The second-order valence-corrected chi connectivity index (χ2v) is 7.30. The minimum atomic E-state index is -4.05. The van der Waals surface area contributed by atoms with Gasteiger partial charge in [0.1, 0.15) is 5.69 Å². The Hall–Kier alpha value is -2.16.